The van der Waals surface area contributed by atoms with Gasteiger partial charge in [0.1, 0.15) is 36.6 Å². The average molecular weight is 678 g/mol. The van der Waals surface area contributed by atoms with Gasteiger partial charge in [0.25, 0.3) is 0 Å². The molecule has 2 rings (SSSR count). The molecule has 0 aliphatic carbocycles. The van der Waals surface area contributed by atoms with E-state index < -0.39 is 139 Å². The van der Waals surface area contributed by atoms with Gasteiger partial charge in [0.15, 0.2) is 36.6 Å². The van der Waals surface area contributed by atoms with Crippen molar-refractivity contribution in [2.75, 3.05) is 0 Å². The molecule has 0 aromatic rings. The van der Waals surface area contributed by atoms with Crippen LogP contribution in [0.2, 0.25) is 0 Å². The van der Waals surface area contributed by atoms with E-state index in [0.29, 0.717) is 0 Å². The van der Waals surface area contributed by atoms with Crippen LogP contribution in [0.25, 0.3) is 0 Å². The van der Waals surface area contributed by atoms with Crippen molar-refractivity contribution in [2.45, 2.75) is 73.2 Å². The molecule has 0 radical (unpaired) electrons. The molecule has 12 N–H and O–H groups in total. The summed E-state index contributed by atoms with van der Waals surface area (Å²) in [6.45, 7) is 0. The lowest BCUT2D eigenvalue weighted by Crippen LogP contribution is -2.53. The third-order valence-electron chi connectivity index (χ3n) is 5.71. The van der Waals surface area contributed by atoms with Crippen LogP contribution in [0.4, 0.5) is 0 Å². The van der Waals surface area contributed by atoms with Crippen LogP contribution in [-0.4, -0.2) is 201 Å². The maximum Gasteiger partial charge on any atom is 1.20 e. The van der Waals surface area contributed by atoms with E-state index in [1.807, 2.05) is 0 Å². The maximum atomic E-state index is 12.2. The largest absolute Gasteiger partial charge is 1.20 e. The number of aliphatic hydroxyl groups is 12. The first-order valence-electron chi connectivity index (χ1n) is 11.7. The zero-order valence-corrected chi connectivity index (χ0v) is 23.7. The Hall–Kier alpha value is -2.60. The van der Waals surface area contributed by atoms with E-state index in [1.54, 1.807) is 0 Å². The van der Waals surface area contributed by atoms with Crippen LogP contribution in [-0.2, 0) is 51.5 Å². The SMILES string of the molecule is O=C1[O][Al]([O]C(=O)[C@@H](O)[C@@H](O)[C@H](O)[C@@H](O)C(=O)[O][Al]2[O]C(=O)[C@@H](O)[C@@H](O)[C@@H](O)[C@@H](O)C(=O)[O]2)[O]C(=O)[C@H](O)[C@@H](O)[C@@H](O)[C@@H]1O. The molecule has 0 aromatic heterocycles. The van der Waals surface area contributed by atoms with Gasteiger partial charge in [-0.15, -0.1) is 0 Å². The molecule has 2 fully saturated rings. The van der Waals surface area contributed by atoms with Crippen molar-refractivity contribution in [1.29, 1.82) is 0 Å². The summed E-state index contributed by atoms with van der Waals surface area (Å²) < 4.78 is 26.3. The molecule has 0 amide bonds. The molecule has 24 nitrogen and oxygen atoms in total. The number of hydrogen-bond donors (Lipinski definition) is 12. The van der Waals surface area contributed by atoms with E-state index in [0.717, 1.165) is 0 Å². The molecule has 2 aliphatic heterocycles. The summed E-state index contributed by atoms with van der Waals surface area (Å²) >= 11 is -9.08. The van der Waals surface area contributed by atoms with Crippen molar-refractivity contribution in [1.82, 2.24) is 0 Å². The van der Waals surface area contributed by atoms with Gasteiger partial charge in [-0.25, -0.2) is 0 Å². The molecule has 2 heterocycles. The quantitative estimate of drug-likeness (QED) is 0.111. The lowest BCUT2D eigenvalue weighted by molar-refractivity contribution is -0.176. The summed E-state index contributed by atoms with van der Waals surface area (Å²) in [5.74, 6) is -11.6. The Bertz CT molecular complexity index is 963. The summed E-state index contributed by atoms with van der Waals surface area (Å²) in [7, 11) is 0. The monoisotopic (exact) mass is 678 g/mol. The Kier molecular flexibility index (Phi) is 13.3. The molecule has 0 aromatic carbocycles. The van der Waals surface area contributed by atoms with Crippen LogP contribution in [0.1, 0.15) is 0 Å². The molecule has 0 spiro atoms. The second-order valence-corrected chi connectivity index (χ2v) is 11.4. The van der Waals surface area contributed by atoms with Gasteiger partial charge < -0.3 is 84.0 Å². The van der Waals surface area contributed by atoms with E-state index in [9.17, 15) is 90.0 Å². The van der Waals surface area contributed by atoms with Gasteiger partial charge >= 0.3 is 66.1 Å². The van der Waals surface area contributed by atoms with E-state index in [2.05, 4.69) is 22.7 Å². The molecule has 44 heavy (non-hydrogen) atoms. The Balaban J connectivity index is 2.09. The molecule has 26 heteroatoms. The predicted molar refractivity (Wildman–Crippen MR) is 120 cm³/mol. The average Bonchev–Trinajstić information content (AvgIpc) is 3.02. The normalized spacial score (nSPS) is 33.2. The molecular weight excluding hydrogens is 654 g/mol. The molecule has 0 unspecified atom stereocenters. The molecule has 2 aliphatic rings. The van der Waals surface area contributed by atoms with Gasteiger partial charge in [-0.3, -0.25) is 28.8 Å². The summed E-state index contributed by atoms with van der Waals surface area (Å²) in [6.07, 6.45) is -32.2. The Labute approximate surface area is 252 Å². The Morgan fingerprint density at radius 1 is 0.500 bits per heavy atom. The second-order valence-electron chi connectivity index (χ2n) is 8.81. The summed E-state index contributed by atoms with van der Waals surface area (Å²) in [4.78, 5) is 71.9. The van der Waals surface area contributed by atoms with Gasteiger partial charge in [-0.1, -0.05) is 0 Å². The van der Waals surface area contributed by atoms with Crippen molar-refractivity contribution >= 4 is 66.1 Å². The van der Waals surface area contributed by atoms with Crippen molar-refractivity contribution in [3.8, 4) is 0 Å². The highest BCUT2D eigenvalue weighted by Gasteiger charge is 2.57. The van der Waals surface area contributed by atoms with Crippen molar-refractivity contribution < 1.29 is 113 Å². The number of carbonyl (C=O) groups excluding carboxylic acids is 6. The van der Waals surface area contributed by atoms with Crippen LogP contribution < -0.4 is 0 Å². The standard InChI is InChI=1S/3C6H10O8.2Al/c3*7-1(3(9)5(11)12)2(8)4(10)6(13)14;;/h3*1-4,7-10H,(H,11,12)(H,13,14);;/q;;;2*+3/p-6/t1-,2+,3+,4-;1-,2+,3-,4+;1-,2-,3-,4+;;/m..0../s1. The minimum atomic E-state index is -4.54. The van der Waals surface area contributed by atoms with Gasteiger partial charge in [-0.05, 0) is 0 Å². The lowest BCUT2D eigenvalue weighted by Gasteiger charge is -2.26. The van der Waals surface area contributed by atoms with Crippen LogP contribution >= 0.6 is 0 Å². The molecule has 12 atom stereocenters. The molecule has 0 bridgehead atoms. The fourth-order valence-corrected chi connectivity index (χ4v) is 5.35. The molecular formula is C18H24Al2O24. The highest BCUT2D eigenvalue weighted by molar-refractivity contribution is 6.45. The highest BCUT2D eigenvalue weighted by atomic mass is 27.3. The van der Waals surface area contributed by atoms with Crippen molar-refractivity contribution in [3.63, 3.8) is 0 Å². The number of aliphatic hydroxyl groups excluding tert-OH is 12. The minimum absolute atomic E-state index is 1.85. The van der Waals surface area contributed by atoms with E-state index in [1.165, 1.54) is 0 Å². The first-order valence-corrected chi connectivity index (χ1v) is 14.5. The third kappa shape index (κ3) is 8.77. The second kappa shape index (κ2) is 15.6. The van der Waals surface area contributed by atoms with Crippen LogP contribution in [0, 0.1) is 0 Å². The zero-order chi connectivity index (χ0) is 33.8. The number of hydrogen-bond acceptors (Lipinski definition) is 24. The zero-order valence-electron chi connectivity index (χ0n) is 21.3. The first kappa shape index (κ1) is 37.6. The topological polar surface area (TPSA) is 401 Å². The number of carbonyl (C=O) groups is 6. The molecule has 246 valence electrons. The maximum absolute atomic E-state index is 12.2. The summed E-state index contributed by atoms with van der Waals surface area (Å²) in [5, 5.41) is 117. The van der Waals surface area contributed by atoms with Crippen LogP contribution in [0.5, 0.6) is 0 Å². The summed E-state index contributed by atoms with van der Waals surface area (Å²) in [5.41, 5.74) is 0. The van der Waals surface area contributed by atoms with Crippen LogP contribution in [0.15, 0.2) is 0 Å². The molecule has 0 saturated carbocycles. The third-order valence-corrected chi connectivity index (χ3v) is 8.26. The smallest absolute Gasteiger partial charge is 0.549 e. The highest BCUT2D eigenvalue weighted by Crippen LogP contribution is 2.16. The first-order chi connectivity index (χ1) is 20.3. The van der Waals surface area contributed by atoms with E-state index in [4.69, 9.17) is 0 Å². The van der Waals surface area contributed by atoms with Gasteiger partial charge in [0.2, 0.25) is 0 Å². The lowest BCUT2D eigenvalue weighted by atomic mass is 10.0. The van der Waals surface area contributed by atoms with E-state index >= 15 is 0 Å². The van der Waals surface area contributed by atoms with Crippen molar-refractivity contribution in [3.05, 3.63) is 0 Å². The predicted octanol–water partition coefficient (Wildman–Crippen LogP) is -11.4. The van der Waals surface area contributed by atoms with Gasteiger partial charge in [-0.2, -0.15) is 0 Å². The van der Waals surface area contributed by atoms with Crippen molar-refractivity contribution in [2.24, 2.45) is 0 Å². The fraction of sp³-hybridized carbons (Fsp3) is 0.667. The Morgan fingerprint density at radius 3 is 0.909 bits per heavy atom. The summed E-state index contributed by atoms with van der Waals surface area (Å²) in [6, 6.07) is 0. The van der Waals surface area contributed by atoms with Gasteiger partial charge in [0.05, 0.1) is 0 Å². The van der Waals surface area contributed by atoms with E-state index in [-0.39, 0.29) is 0 Å². The fourth-order valence-electron chi connectivity index (χ4n) is 3.09. The van der Waals surface area contributed by atoms with Gasteiger partial charge in [0, 0.05) is 0 Å². The van der Waals surface area contributed by atoms with Crippen LogP contribution in [0.3, 0.4) is 0 Å². The minimum Gasteiger partial charge on any atom is -0.549 e. The Morgan fingerprint density at radius 2 is 0.705 bits per heavy atom. The number of rotatable bonds is 7. The molecule has 2 saturated heterocycles.